The van der Waals surface area contributed by atoms with Gasteiger partial charge in [-0.3, -0.25) is 14.4 Å². The number of esters is 3. The molecule has 9 heteroatoms. The Balaban J connectivity index is 0.000000204. The number of hydrogen-bond donors (Lipinski definition) is 0. The van der Waals surface area contributed by atoms with E-state index >= 15 is 0 Å². The van der Waals surface area contributed by atoms with Crippen LogP contribution in [0, 0.1) is 41.5 Å². The summed E-state index contributed by atoms with van der Waals surface area (Å²) in [5.41, 5.74) is 6.23. The average Bonchev–Trinajstić information content (AvgIpc) is 3.19. The van der Waals surface area contributed by atoms with E-state index in [4.69, 9.17) is 14.2 Å². The molecule has 0 fully saturated rings. The van der Waals surface area contributed by atoms with Gasteiger partial charge in [0.1, 0.15) is 5.75 Å². The summed E-state index contributed by atoms with van der Waals surface area (Å²) in [6.45, 7) is 16.1. The fraction of sp³-hybridized carbons (Fsp3) is 0.188. The summed E-state index contributed by atoms with van der Waals surface area (Å²) in [4.78, 5) is 41.1. The third-order valence-corrected chi connectivity index (χ3v) is 12.2. The Bertz CT molecular complexity index is 2240. The minimum absolute atomic E-state index is 0.298. The lowest BCUT2D eigenvalue weighted by atomic mass is 10.0. The molecule has 0 aliphatic heterocycles. The van der Waals surface area contributed by atoms with Crippen LogP contribution >= 0.6 is 35.3 Å². The Morgan fingerprint density at radius 2 is 0.754 bits per heavy atom. The SMILES string of the molecule is CC(=O)Oc1c(C)c(C)c(Sc2c(C)ccc(C)c2C)c(C)c1OC(C)=O.CC(=O)Oc1ccc(Sc2ccccc2)cc1.c1ccc(Sc2ccccc2)cc1. The van der Waals surface area contributed by atoms with Gasteiger partial charge in [0.05, 0.1) is 0 Å². The molecule has 0 heterocycles. The van der Waals surface area contributed by atoms with Crippen LogP contribution in [0.4, 0.5) is 0 Å². The van der Waals surface area contributed by atoms with Gasteiger partial charge in [0.25, 0.3) is 0 Å². The quantitative estimate of drug-likeness (QED) is 0.105. The van der Waals surface area contributed by atoms with Crippen molar-refractivity contribution in [2.45, 2.75) is 91.7 Å². The van der Waals surface area contributed by atoms with E-state index < -0.39 is 11.9 Å². The zero-order valence-corrected chi connectivity index (χ0v) is 36.2. The Hall–Kier alpha value is -5.22. The molecule has 57 heavy (non-hydrogen) atoms. The Labute approximate surface area is 349 Å². The summed E-state index contributed by atoms with van der Waals surface area (Å²) in [6.07, 6.45) is 0. The van der Waals surface area contributed by atoms with Crippen molar-refractivity contribution < 1.29 is 28.6 Å². The molecule has 6 aromatic carbocycles. The zero-order valence-electron chi connectivity index (χ0n) is 33.8. The number of ether oxygens (including phenoxy) is 3. The number of rotatable bonds is 9. The summed E-state index contributed by atoms with van der Waals surface area (Å²) in [7, 11) is 0. The molecular weight excluding hydrogens is 769 g/mol. The van der Waals surface area contributed by atoms with Crippen molar-refractivity contribution >= 4 is 53.2 Å². The van der Waals surface area contributed by atoms with Gasteiger partial charge in [-0.15, -0.1) is 0 Å². The second-order valence-corrected chi connectivity index (χ2v) is 16.3. The van der Waals surface area contributed by atoms with Crippen LogP contribution in [-0.2, 0) is 14.4 Å². The van der Waals surface area contributed by atoms with E-state index in [2.05, 4.69) is 93.6 Å². The second kappa shape index (κ2) is 21.9. The highest BCUT2D eigenvalue weighted by molar-refractivity contribution is 8.00. The lowest BCUT2D eigenvalue weighted by Crippen LogP contribution is -2.11. The maximum absolute atomic E-state index is 11.7. The third-order valence-electron chi connectivity index (χ3n) is 8.49. The number of carbonyl (C=O) groups excluding carboxylic acids is 3. The molecule has 0 bridgehead atoms. The standard InChI is InChI=1S/C22H26O4S.C14H12O2S.C12H10S/c1-11-9-10-12(2)21(13(11)3)27-22-15(5)14(4)19(25-17(7)23)20(16(22)6)26-18(8)24;1-11(15)16-12-7-9-14(10-8-12)17-13-5-3-2-4-6-13;1-3-7-11(8-4-1)13-12-9-5-2-6-10-12/h9-10H,1-8H3;2-10H,1H3;1-10H. The third kappa shape index (κ3) is 13.7. The fourth-order valence-electron chi connectivity index (χ4n) is 5.42. The fourth-order valence-corrected chi connectivity index (χ4v) is 8.41. The van der Waals surface area contributed by atoms with E-state index in [0.29, 0.717) is 17.2 Å². The van der Waals surface area contributed by atoms with Gasteiger partial charge in [-0.05, 0) is 130 Å². The van der Waals surface area contributed by atoms with E-state index in [1.54, 1.807) is 47.4 Å². The molecule has 0 spiro atoms. The van der Waals surface area contributed by atoms with Gasteiger partial charge in [-0.2, -0.15) is 0 Å². The van der Waals surface area contributed by atoms with Crippen LogP contribution < -0.4 is 14.2 Å². The molecular formula is C48H48O6S3. The van der Waals surface area contributed by atoms with E-state index in [1.807, 2.05) is 63.2 Å². The molecule has 0 unspecified atom stereocenters. The molecule has 294 valence electrons. The first-order valence-electron chi connectivity index (χ1n) is 18.3. The van der Waals surface area contributed by atoms with Crippen molar-refractivity contribution in [1.82, 2.24) is 0 Å². The molecule has 0 aliphatic carbocycles. The number of hydrogen-bond acceptors (Lipinski definition) is 9. The molecule has 0 saturated heterocycles. The molecule has 0 radical (unpaired) electrons. The molecule has 0 amide bonds. The monoisotopic (exact) mass is 816 g/mol. The summed E-state index contributed by atoms with van der Waals surface area (Å²) in [5, 5.41) is 0. The summed E-state index contributed by atoms with van der Waals surface area (Å²) in [5.74, 6) is 0.00840. The van der Waals surface area contributed by atoms with Crippen LogP contribution in [-0.4, -0.2) is 17.9 Å². The lowest BCUT2D eigenvalue weighted by molar-refractivity contribution is -0.134. The van der Waals surface area contributed by atoms with Crippen LogP contribution in [0.2, 0.25) is 0 Å². The highest BCUT2D eigenvalue weighted by atomic mass is 32.2. The maximum atomic E-state index is 11.7. The van der Waals surface area contributed by atoms with E-state index in [0.717, 1.165) is 26.5 Å². The first kappa shape index (κ1) is 44.5. The average molecular weight is 817 g/mol. The number of aryl methyl sites for hydroxylation is 2. The Morgan fingerprint density at radius 3 is 1.18 bits per heavy atom. The van der Waals surface area contributed by atoms with Gasteiger partial charge in [0.2, 0.25) is 0 Å². The normalized spacial score (nSPS) is 10.3. The van der Waals surface area contributed by atoms with Gasteiger partial charge in [0, 0.05) is 55.7 Å². The molecule has 0 N–H and O–H groups in total. The van der Waals surface area contributed by atoms with Crippen molar-refractivity contribution in [3.63, 3.8) is 0 Å². The minimum atomic E-state index is -0.450. The first-order valence-corrected chi connectivity index (χ1v) is 20.7. The van der Waals surface area contributed by atoms with E-state index in [-0.39, 0.29) is 5.97 Å². The van der Waals surface area contributed by atoms with Crippen molar-refractivity contribution in [1.29, 1.82) is 0 Å². The molecule has 0 aromatic heterocycles. The minimum Gasteiger partial charge on any atom is -0.427 e. The Kier molecular flexibility index (Phi) is 17.1. The van der Waals surface area contributed by atoms with Crippen LogP contribution in [0.15, 0.2) is 157 Å². The van der Waals surface area contributed by atoms with E-state index in [9.17, 15) is 14.4 Å². The van der Waals surface area contributed by atoms with Crippen molar-refractivity contribution in [2.24, 2.45) is 0 Å². The lowest BCUT2D eigenvalue weighted by Gasteiger charge is -2.21. The largest absolute Gasteiger partial charge is 0.427 e. The molecule has 0 atom stereocenters. The number of benzene rings is 6. The highest BCUT2D eigenvalue weighted by Gasteiger charge is 2.24. The van der Waals surface area contributed by atoms with Crippen LogP contribution in [0.5, 0.6) is 17.2 Å². The maximum Gasteiger partial charge on any atom is 0.308 e. The Morgan fingerprint density at radius 1 is 0.368 bits per heavy atom. The molecule has 0 saturated carbocycles. The van der Waals surface area contributed by atoms with Crippen molar-refractivity contribution in [3.8, 4) is 17.2 Å². The van der Waals surface area contributed by atoms with Crippen LogP contribution in [0.25, 0.3) is 0 Å². The summed E-state index contributed by atoms with van der Waals surface area (Å²) in [6, 6.07) is 42.7. The molecule has 0 aliphatic rings. The molecule has 6 aromatic rings. The predicted octanol–water partition coefficient (Wildman–Crippen LogP) is 13.1. The van der Waals surface area contributed by atoms with Crippen LogP contribution in [0.3, 0.4) is 0 Å². The van der Waals surface area contributed by atoms with Gasteiger partial charge < -0.3 is 14.2 Å². The van der Waals surface area contributed by atoms with Crippen LogP contribution in [0.1, 0.15) is 54.2 Å². The van der Waals surface area contributed by atoms with Gasteiger partial charge in [-0.25, -0.2) is 0 Å². The second-order valence-electron chi connectivity index (χ2n) is 13.0. The van der Waals surface area contributed by atoms with Gasteiger partial charge in [0.15, 0.2) is 11.5 Å². The smallest absolute Gasteiger partial charge is 0.308 e. The predicted molar refractivity (Wildman–Crippen MR) is 233 cm³/mol. The van der Waals surface area contributed by atoms with Gasteiger partial charge in [-0.1, -0.05) is 102 Å². The molecule has 6 rings (SSSR count). The zero-order chi connectivity index (χ0) is 41.5. The summed E-state index contributed by atoms with van der Waals surface area (Å²) >= 11 is 5.12. The van der Waals surface area contributed by atoms with Gasteiger partial charge >= 0.3 is 17.9 Å². The summed E-state index contributed by atoms with van der Waals surface area (Å²) < 4.78 is 15.8. The first-order chi connectivity index (χ1) is 27.2. The molecule has 6 nitrogen and oxygen atoms in total. The number of carbonyl (C=O) groups is 3. The topological polar surface area (TPSA) is 78.9 Å². The highest BCUT2D eigenvalue weighted by Crippen LogP contribution is 2.47. The van der Waals surface area contributed by atoms with Crippen molar-refractivity contribution in [2.75, 3.05) is 0 Å². The van der Waals surface area contributed by atoms with E-state index in [1.165, 1.54) is 57.0 Å². The van der Waals surface area contributed by atoms with Crippen molar-refractivity contribution in [3.05, 3.63) is 161 Å².